The number of nitrogens with one attached hydrogen (secondary N) is 1. The van der Waals surface area contributed by atoms with Crippen LogP contribution in [0.5, 0.6) is 0 Å². The summed E-state index contributed by atoms with van der Waals surface area (Å²) in [6.45, 7) is 3.58. The summed E-state index contributed by atoms with van der Waals surface area (Å²) in [5.74, 6) is -1.99. The second-order valence-electron chi connectivity index (χ2n) is 4.92. The SMILES string of the molecule is CC(C)C[C@H](NC(=O)c1ccc(C(F)(F)F)cn1)C(=O)O. The number of nitrogens with zero attached hydrogens (tertiary/aromatic N) is 1. The molecule has 1 aromatic heterocycles. The third-order valence-electron chi connectivity index (χ3n) is 2.63. The predicted molar refractivity (Wildman–Crippen MR) is 67.6 cm³/mol. The highest BCUT2D eigenvalue weighted by atomic mass is 19.4. The van der Waals surface area contributed by atoms with Crippen LogP contribution in [0.25, 0.3) is 0 Å². The molecule has 0 aromatic carbocycles. The molecule has 0 unspecified atom stereocenters. The zero-order valence-corrected chi connectivity index (χ0v) is 11.4. The lowest BCUT2D eigenvalue weighted by Crippen LogP contribution is -2.41. The van der Waals surface area contributed by atoms with Gasteiger partial charge in [0.05, 0.1) is 5.56 Å². The maximum absolute atomic E-state index is 12.4. The van der Waals surface area contributed by atoms with E-state index in [2.05, 4.69) is 10.3 Å². The van der Waals surface area contributed by atoms with E-state index >= 15 is 0 Å². The summed E-state index contributed by atoms with van der Waals surface area (Å²) in [5.41, 5.74) is -1.24. The van der Waals surface area contributed by atoms with E-state index in [9.17, 15) is 22.8 Å². The number of pyridine rings is 1. The van der Waals surface area contributed by atoms with Gasteiger partial charge in [0.25, 0.3) is 5.91 Å². The fourth-order valence-corrected chi connectivity index (χ4v) is 1.62. The molecule has 1 aromatic rings. The van der Waals surface area contributed by atoms with Gasteiger partial charge in [0.1, 0.15) is 11.7 Å². The molecule has 8 heteroatoms. The monoisotopic (exact) mass is 304 g/mol. The van der Waals surface area contributed by atoms with E-state index in [1.807, 2.05) is 0 Å². The lowest BCUT2D eigenvalue weighted by molar-refractivity contribution is -0.139. The van der Waals surface area contributed by atoms with Crippen LogP contribution in [0.2, 0.25) is 0 Å². The molecule has 5 nitrogen and oxygen atoms in total. The smallest absolute Gasteiger partial charge is 0.417 e. The van der Waals surface area contributed by atoms with Gasteiger partial charge in [0, 0.05) is 6.20 Å². The van der Waals surface area contributed by atoms with Gasteiger partial charge < -0.3 is 10.4 Å². The summed E-state index contributed by atoms with van der Waals surface area (Å²) in [5, 5.41) is 11.2. The van der Waals surface area contributed by atoms with E-state index in [4.69, 9.17) is 5.11 Å². The van der Waals surface area contributed by atoms with Crippen molar-refractivity contribution >= 4 is 11.9 Å². The normalized spacial score (nSPS) is 13.0. The lowest BCUT2D eigenvalue weighted by atomic mass is 10.0. The van der Waals surface area contributed by atoms with Crippen molar-refractivity contribution in [2.75, 3.05) is 0 Å². The van der Waals surface area contributed by atoms with Crippen molar-refractivity contribution in [2.45, 2.75) is 32.5 Å². The lowest BCUT2D eigenvalue weighted by Gasteiger charge is -2.16. The van der Waals surface area contributed by atoms with Crippen LogP contribution in [0.4, 0.5) is 13.2 Å². The Morgan fingerprint density at radius 3 is 2.33 bits per heavy atom. The largest absolute Gasteiger partial charge is 0.480 e. The summed E-state index contributed by atoms with van der Waals surface area (Å²) < 4.78 is 37.1. The van der Waals surface area contributed by atoms with Gasteiger partial charge in [-0.15, -0.1) is 0 Å². The van der Waals surface area contributed by atoms with Gasteiger partial charge in [0.15, 0.2) is 0 Å². The minimum Gasteiger partial charge on any atom is -0.480 e. The molecule has 0 aliphatic rings. The number of carboxylic acid groups (broad SMARTS) is 1. The van der Waals surface area contributed by atoms with Crippen LogP contribution in [0, 0.1) is 5.92 Å². The molecular weight excluding hydrogens is 289 g/mol. The fraction of sp³-hybridized carbons (Fsp3) is 0.462. The standard InChI is InChI=1S/C13H15F3N2O3/c1-7(2)5-10(12(20)21)18-11(19)9-4-3-8(6-17-9)13(14,15)16/h3-4,6-7,10H,5H2,1-2H3,(H,18,19)(H,20,21)/t10-/m0/s1. The molecule has 0 fully saturated rings. The second-order valence-corrected chi connectivity index (χ2v) is 4.92. The first kappa shape index (κ1) is 16.9. The maximum atomic E-state index is 12.4. The molecule has 0 radical (unpaired) electrons. The molecular formula is C13H15F3N2O3. The van der Waals surface area contributed by atoms with E-state index in [0.29, 0.717) is 6.20 Å². The molecule has 1 atom stereocenters. The van der Waals surface area contributed by atoms with Gasteiger partial charge in [-0.1, -0.05) is 13.8 Å². The number of carboxylic acids is 1. The van der Waals surface area contributed by atoms with E-state index in [1.54, 1.807) is 13.8 Å². The molecule has 0 bridgehead atoms. The molecule has 1 amide bonds. The first-order valence-electron chi connectivity index (χ1n) is 6.18. The number of amides is 1. The molecule has 2 N–H and O–H groups in total. The summed E-state index contributed by atoms with van der Waals surface area (Å²) in [6.07, 6.45) is -3.79. The molecule has 0 aliphatic heterocycles. The number of aromatic nitrogens is 1. The Bertz CT molecular complexity index is 512. The number of halogens is 3. The van der Waals surface area contributed by atoms with E-state index < -0.39 is 29.7 Å². The van der Waals surface area contributed by atoms with Gasteiger partial charge in [-0.2, -0.15) is 13.2 Å². The number of hydrogen-bond acceptors (Lipinski definition) is 3. The predicted octanol–water partition coefficient (Wildman–Crippen LogP) is 2.33. The molecule has 116 valence electrons. The van der Waals surface area contributed by atoms with Gasteiger partial charge in [-0.25, -0.2) is 4.79 Å². The first-order valence-corrected chi connectivity index (χ1v) is 6.18. The van der Waals surface area contributed by atoms with Crippen molar-refractivity contribution in [1.29, 1.82) is 0 Å². The minimum atomic E-state index is -4.54. The van der Waals surface area contributed by atoms with Gasteiger partial charge in [-0.05, 0) is 24.5 Å². The average Bonchev–Trinajstić information content (AvgIpc) is 2.36. The fourth-order valence-electron chi connectivity index (χ4n) is 1.62. The maximum Gasteiger partial charge on any atom is 0.417 e. The van der Waals surface area contributed by atoms with Gasteiger partial charge >= 0.3 is 12.1 Å². The van der Waals surface area contributed by atoms with Crippen molar-refractivity contribution in [2.24, 2.45) is 5.92 Å². The number of rotatable bonds is 5. The second kappa shape index (κ2) is 6.55. The molecule has 0 aliphatic carbocycles. The molecule has 21 heavy (non-hydrogen) atoms. The van der Waals surface area contributed by atoms with Gasteiger partial charge in [0.2, 0.25) is 0 Å². The molecule has 1 rings (SSSR count). The highest BCUT2D eigenvalue weighted by Gasteiger charge is 2.31. The summed E-state index contributed by atoms with van der Waals surface area (Å²) >= 11 is 0. The van der Waals surface area contributed by atoms with Crippen molar-refractivity contribution in [3.05, 3.63) is 29.6 Å². The summed E-state index contributed by atoms with van der Waals surface area (Å²) in [4.78, 5) is 26.2. The Hall–Kier alpha value is -2.12. The number of hydrogen-bond donors (Lipinski definition) is 2. The Morgan fingerprint density at radius 2 is 1.95 bits per heavy atom. The molecule has 1 heterocycles. The third-order valence-corrected chi connectivity index (χ3v) is 2.63. The summed E-state index contributed by atoms with van der Waals surface area (Å²) in [7, 11) is 0. The Morgan fingerprint density at radius 1 is 1.33 bits per heavy atom. The Balaban J connectivity index is 2.81. The quantitative estimate of drug-likeness (QED) is 0.875. The van der Waals surface area contributed by atoms with Crippen LogP contribution < -0.4 is 5.32 Å². The van der Waals surface area contributed by atoms with Crippen molar-refractivity contribution < 1.29 is 27.9 Å². The average molecular weight is 304 g/mol. The van der Waals surface area contributed by atoms with E-state index in [0.717, 1.165) is 12.1 Å². The zero-order chi connectivity index (χ0) is 16.2. The van der Waals surface area contributed by atoms with Crippen LogP contribution in [0.3, 0.4) is 0 Å². The molecule has 0 saturated carbocycles. The van der Waals surface area contributed by atoms with Crippen LogP contribution >= 0.6 is 0 Å². The van der Waals surface area contributed by atoms with E-state index in [-0.39, 0.29) is 18.0 Å². The van der Waals surface area contributed by atoms with E-state index in [1.165, 1.54) is 0 Å². The molecule has 0 saturated heterocycles. The van der Waals surface area contributed by atoms with Crippen molar-refractivity contribution in [3.63, 3.8) is 0 Å². The van der Waals surface area contributed by atoms with Crippen LogP contribution in [0.1, 0.15) is 36.3 Å². The number of alkyl halides is 3. The van der Waals surface area contributed by atoms with Crippen molar-refractivity contribution in [3.8, 4) is 0 Å². The number of carbonyl (C=O) groups is 2. The zero-order valence-electron chi connectivity index (χ0n) is 11.4. The topological polar surface area (TPSA) is 79.3 Å². The Kier molecular flexibility index (Phi) is 5.28. The highest BCUT2D eigenvalue weighted by molar-refractivity contribution is 5.94. The summed E-state index contributed by atoms with van der Waals surface area (Å²) in [6, 6.07) is 0.522. The Labute approximate surface area is 119 Å². The number of carbonyl (C=O) groups excluding carboxylic acids is 1. The number of aliphatic carboxylic acids is 1. The van der Waals surface area contributed by atoms with Crippen molar-refractivity contribution in [1.82, 2.24) is 10.3 Å². The molecule has 0 spiro atoms. The van der Waals surface area contributed by atoms with Crippen LogP contribution in [0.15, 0.2) is 18.3 Å². The van der Waals surface area contributed by atoms with Crippen LogP contribution in [-0.4, -0.2) is 28.0 Å². The van der Waals surface area contributed by atoms with Gasteiger partial charge in [-0.3, -0.25) is 9.78 Å². The van der Waals surface area contributed by atoms with Crippen LogP contribution in [-0.2, 0) is 11.0 Å². The third kappa shape index (κ3) is 5.05. The minimum absolute atomic E-state index is 0.0342. The highest BCUT2D eigenvalue weighted by Crippen LogP contribution is 2.28. The first-order chi connectivity index (χ1) is 9.61.